The van der Waals surface area contributed by atoms with Crippen molar-refractivity contribution >= 4 is 54.4 Å². The lowest BCUT2D eigenvalue weighted by Crippen LogP contribution is -2.00. The average molecular weight is 716 g/mol. The van der Waals surface area contributed by atoms with Gasteiger partial charge in [0.15, 0.2) is 17.5 Å². The van der Waals surface area contributed by atoms with Crippen molar-refractivity contribution in [3.8, 4) is 56.7 Å². The molecule has 0 N–H and O–H groups in total. The van der Waals surface area contributed by atoms with E-state index in [1.165, 1.54) is 0 Å². The van der Waals surface area contributed by atoms with Gasteiger partial charge in [-0.15, -0.1) is 0 Å². The van der Waals surface area contributed by atoms with Gasteiger partial charge in [-0.1, -0.05) is 133 Å². The standard InChI is InChI=1S/C49H29N7/c1-2-6-39-29-40(22-9-30(39)5-1)49-55-47(37-18-10-31(11-19-37)41-25-23-35-16-14-33-7-3-27-50-43(33)45(35)52-41)54-48(56-49)38-20-12-32(13-21-38)42-26-24-36-17-15-34-8-4-28-51-44(34)46(36)53-42/h1-29H. The molecule has 5 heterocycles. The van der Waals surface area contributed by atoms with Crippen LogP contribution in [0.25, 0.3) is 111 Å². The number of rotatable bonds is 5. The minimum atomic E-state index is 0.589. The summed E-state index contributed by atoms with van der Waals surface area (Å²) in [6.07, 6.45) is 3.63. The molecule has 6 aromatic carbocycles. The Morgan fingerprint density at radius 1 is 0.250 bits per heavy atom. The van der Waals surface area contributed by atoms with Gasteiger partial charge in [0, 0.05) is 61.8 Å². The molecule has 5 aromatic heterocycles. The molecule has 7 heteroatoms. The highest BCUT2D eigenvalue weighted by Crippen LogP contribution is 2.32. The van der Waals surface area contributed by atoms with E-state index in [-0.39, 0.29) is 0 Å². The summed E-state index contributed by atoms with van der Waals surface area (Å²) >= 11 is 0. The van der Waals surface area contributed by atoms with Crippen LogP contribution in [0.15, 0.2) is 176 Å². The fraction of sp³-hybridized carbons (Fsp3) is 0. The Kier molecular flexibility index (Phi) is 7.35. The average Bonchev–Trinajstić information content (AvgIpc) is 3.28. The molecule has 0 aliphatic heterocycles. The van der Waals surface area contributed by atoms with Crippen LogP contribution in [0.5, 0.6) is 0 Å². The monoisotopic (exact) mass is 715 g/mol. The second kappa shape index (κ2) is 13.0. The minimum Gasteiger partial charge on any atom is -0.254 e. The Labute approximate surface area is 321 Å². The van der Waals surface area contributed by atoms with E-state index in [4.69, 9.17) is 24.9 Å². The molecular weight excluding hydrogens is 687 g/mol. The van der Waals surface area contributed by atoms with E-state index in [2.05, 4.69) is 149 Å². The third kappa shape index (κ3) is 5.58. The molecule has 0 aliphatic rings. The Bertz CT molecular complexity index is 3130. The van der Waals surface area contributed by atoms with Crippen molar-refractivity contribution in [1.29, 1.82) is 0 Å². The van der Waals surface area contributed by atoms with Crippen molar-refractivity contribution in [2.45, 2.75) is 0 Å². The van der Waals surface area contributed by atoms with Crippen LogP contribution in [0.1, 0.15) is 0 Å². The molecule has 56 heavy (non-hydrogen) atoms. The molecule has 0 spiro atoms. The number of hydrogen-bond acceptors (Lipinski definition) is 7. The number of hydrogen-bond donors (Lipinski definition) is 0. The molecule has 11 aromatic rings. The summed E-state index contributed by atoms with van der Waals surface area (Å²) in [6, 6.07) is 55.9. The van der Waals surface area contributed by atoms with Gasteiger partial charge < -0.3 is 0 Å². The van der Waals surface area contributed by atoms with Gasteiger partial charge in [-0.05, 0) is 41.1 Å². The van der Waals surface area contributed by atoms with Crippen LogP contribution in [0.2, 0.25) is 0 Å². The number of fused-ring (bicyclic) bond motifs is 7. The normalized spacial score (nSPS) is 11.6. The van der Waals surface area contributed by atoms with E-state index in [0.717, 1.165) is 93.6 Å². The van der Waals surface area contributed by atoms with Crippen LogP contribution in [0, 0.1) is 0 Å². The first-order chi connectivity index (χ1) is 27.7. The third-order valence-electron chi connectivity index (χ3n) is 10.4. The minimum absolute atomic E-state index is 0.589. The molecule has 0 radical (unpaired) electrons. The van der Waals surface area contributed by atoms with Crippen molar-refractivity contribution in [3.63, 3.8) is 0 Å². The Morgan fingerprint density at radius 2 is 0.625 bits per heavy atom. The quantitative estimate of drug-likeness (QED) is 0.164. The highest BCUT2D eigenvalue weighted by atomic mass is 15.0. The lowest BCUT2D eigenvalue weighted by Gasteiger charge is -2.11. The van der Waals surface area contributed by atoms with Crippen molar-refractivity contribution in [1.82, 2.24) is 34.9 Å². The van der Waals surface area contributed by atoms with Gasteiger partial charge in [0.25, 0.3) is 0 Å². The van der Waals surface area contributed by atoms with E-state index in [1.54, 1.807) is 0 Å². The Morgan fingerprint density at radius 3 is 1.14 bits per heavy atom. The fourth-order valence-electron chi connectivity index (χ4n) is 7.44. The molecular formula is C49H29N7. The van der Waals surface area contributed by atoms with Crippen molar-refractivity contribution in [3.05, 3.63) is 176 Å². The second-order valence-corrected chi connectivity index (χ2v) is 13.8. The molecule has 0 saturated carbocycles. The van der Waals surface area contributed by atoms with Gasteiger partial charge in [0.1, 0.15) is 0 Å². The largest absolute Gasteiger partial charge is 0.254 e. The van der Waals surface area contributed by atoms with E-state index in [1.807, 2.05) is 36.7 Å². The number of pyridine rings is 4. The first-order valence-electron chi connectivity index (χ1n) is 18.5. The highest BCUT2D eigenvalue weighted by molar-refractivity contribution is 6.04. The molecule has 260 valence electrons. The summed E-state index contributed by atoms with van der Waals surface area (Å²) in [5, 5.41) is 6.54. The summed E-state index contributed by atoms with van der Waals surface area (Å²) in [4.78, 5) is 34.5. The fourth-order valence-corrected chi connectivity index (χ4v) is 7.44. The summed E-state index contributed by atoms with van der Waals surface area (Å²) in [5.41, 5.74) is 9.99. The van der Waals surface area contributed by atoms with Gasteiger partial charge in [-0.25, -0.2) is 24.9 Å². The second-order valence-electron chi connectivity index (χ2n) is 13.8. The molecule has 0 bridgehead atoms. The van der Waals surface area contributed by atoms with Crippen LogP contribution < -0.4 is 0 Å². The number of nitrogens with zero attached hydrogens (tertiary/aromatic N) is 7. The first kappa shape index (κ1) is 31.7. The molecule has 0 unspecified atom stereocenters. The van der Waals surface area contributed by atoms with E-state index < -0.39 is 0 Å². The molecule has 0 fully saturated rings. The smallest absolute Gasteiger partial charge is 0.164 e. The van der Waals surface area contributed by atoms with E-state index >= 15 is 0 Å². The zero-order valence-corrected chi connectivity index (χ0v) is 29.9. The van der Waals surface area contributed by atoms with Gasteiger partial charge in [-0.3, -0.25) is 9.97 Å². The summed E-state index contributed by atoms with van der Waals surface area (Å²) in [6.45, 7) is 0. The van der Waals surface area contributed by atoms with Crippen molar-refractivity contribution < 1.29 is 0 Å². The molecule has 0 atom stereocenters. The maximum Gasteiger partial charge on any atom is 0.164 e. The van der Waals surface area contributed by atoms with Crippen LogP contribution in [0.4, 0.5) is 0 Å². The van der Waals surface area contributed by atoms with Crippen LogP contribution in [-0.4, -0.2) is 34.9 Å². The van der Waals surface area contributed by atoms with Gasteiger partial charge in [0.05, 0.1) is 33.5 Å². The molecule has 11 rings (SSSR count). The summed E-state index contributed by atoms with van der Waals surface area (Å²) in [7, 11) is 0. The molecule has 0 amide bonds. The summed E-state index contributed by atoms with van der Waals surface area (Å²) < 4.78 is 0. The lowest BCUT2D eigenvalue weighted by atomic mass is 10.0. The molecule has 0 aliphatic carbocycles. The van der Waals surface area contributed by atoms with E-state index in [0.29, 0.717) is 17.5 Å². The predicted molar refractivity (Wildman–Crippen MR) is 226 cm³/mol. The predicted octanol–water partition coefficient (Wildman–Crippen LogP) is 11.6. The molecule has 0 saturated heterocycles. The van der Waals surface area contributed by atoms with Gasteiger partial charge in [0.2, 0.25) is 0 Å². The van der Waals surface area contributed by atoms with E-state index in [9.17, 15) is 0 Å². The van der Waals surface area contributed by atoms with Gasteiger partial charge >= 0.3 is 0 Å². The maximum atomic E-state index is 5.05. The van der Waals surface area contributed by atoms with Crippen molar-refractivity contribution in [2.24, 2.45) is 0 Å². The number of aromatic nitrogens is 7. The summed E-state index contributed by atoms with van der Waals surface area (Å²) in [5.74, 6) is 1.78. The molecule has 7 nitrogen and oxygen atoms in total. The Hall–Kier alpha value is -7.77. The zero-order chi connectivity index (χ0) is 37.0. The highest BCUT2D eigenvalue weighted by Gasteiger charge is 2.15. The van der Waals surface area contributed by atoms with Crippen LogP contribution >= 0.6 is 0 Å². The SMILES string of the molecule is c1ccc2cc(-c3nc(-c4ccc(-c5ccc6ccc7cccnc7c6n5)cc4)nc(-c4ccc(-c5ccc6ccc7cccnc7c6n5)cc4)n3)ccc2c1. The zero-order valence-electron chi connectivity index (χ0n) is 29.9. The third-order valence-corrected chi connectivity index (χ3v) is 10.4. The number of benzene rings is 6. The lowest BCUT2D eigenvalue weighted by molar-refractivity contribution is 1.07. The van der Waals surface area contributed by atoms with Gasteiger partial charge in [-0.2, -0.15) is 0 Å². The van der Waals surface area contributed by atoms with Crippen LogP contribution in [-0.2, 0) is 0 Å². The van der Waals surface area contributed by atoms with Crippen LogP contribution in [0.3, 0.4) is 0 Å². The Balaban J connectivity index is 0.984. The maximum absolute atomic E-state index is 5.05. The topological polar surface area (TPSA) is 90.2 Å². The van der Waals surface area contributed by atoms with Crippen molar-refractivity contribution in [2.75, 3.05) is 0 Å². The first-order valence-corrected chi connectivity index (χ1v) is 18.5.